The van der Waals surface area contributed by atoms with Gasteiger partial charge in [0.25, 0.3) is 0 Å². The first-order valence-electron chi connectivity index (χ1n) is 11.7. The highest BCUT2D eigenvalue weighted by atomic mass is 16.3. The predicted octanol–water partition coefficient (Wildman–Crippen LogP) is 5.01. The Bertz CT molecular complexity index is 566. The zero-order valence-electron chi connectivity index (χ0n) is 18.2. The fraction of sp³-hybridized carbons (Fsp3) is 0.840. The summed E-state index contributed by atoms with van der Waals surface area (Å²) in [5.74, 6) is 2.21. The summed E-state index contributed by atoms with van der Waals surface area (Å²) in [5, 5.41) is 29.5. The molecule has 28 heavy (non-hydrogen) atoms. The van der Waals surface area contributed by atoms with Crippen LogP contribution in [0.25, 0.3) is 0 Å². The third-order valence-corrected chi connectivity index (χ3v) is 8.48. The van der Waals surface area contributed by atoms with Gasteiger partial charge in [-0.1, -0.05) is 56.9 Å². The second kappa shape index (κ2) is 9.45. The maximum absolute atomic E-state index is 10.2. The topological polar surface area (TPSA) is 60.7 Å². The van der Waals surface area contributed by atoms with Gasteiger partial charge in [0.1, 0.15) is 0 Å². The van der Waals surface area contributed by atoms with Crippen molar-refractivity contribution in [2.75, 3.05) is 6.61 Å². The molecular weight excluding hydrogens is 348 g/mol. The molecule has 3 fully saturated rings. The van der Waals surface area contributed by atoms with Crippen LogP contribution in [0.2, 0.25) is 0 Å². The van der Waals surface area contributed by atoms with E-state index < -0.39 is 12.2 Å². The molecule has 0 aliphatic heterocycles. The molecule has 3 nitrogen and oxygen atoms in total. The van der Waals surface area contributed by atoms with Crippen LogP contribution in [0, 0.1) is 29.1 Å². The highest BCUT2D eigenvalue weighted by Crippen LogP contribution is 2.59. The van der Waals surface area contributed by atoms with Gasteiger partial charge in [0.05, 0.1) is 12.2 Å². The molecule has 3 rings (SSSR count). The van der Waals surface area contributed by atoms with Gasteiger partial charge in [-0.15, -0.1) is 0 Å². The Hall–Kier alpha value is -0.640. The van der Waals surface area contributed by atoms with Crippen molar-refractivity contribution >= 4 is 0 Å². The van der Waals surface area contributed by atoms with Gasteiger partial charge < -0.3 is 15.3 Å². The van der Waals surface area contributed by atoms with Crippen molar-refractivity contribution in [1.82, 2.24) is 0 Å². The molecule has 3 aliphatic rings. The van der Waals surface area contributed by atoms with Crippen molar-refractivity contribution in [2.24, 2.45) is 29.1 Å². The van der Waals surface area contributed by atoms with Gasteiger partial charge in [-0.3, -0.25) is 0 Å². The highest BCUT2D eigenvalue weighted by molar-refractivity contribution is 5.26. The van der Waals surface area contributed by atoms with E-state index >= 15 is 0 Å². The van der Waals surface area contributed by atoms with Gasteiger partial charge >= 0.3 is 0 Å². The SMILES string of the molecule is CC1[C@H](O)CC(=CC=C2CCC[C@]3(C)[C@@H]([C@@H](C)CCCCO)CC[C@@H]23)C[C@H]1O. The van der Waals surface area contributed by atoms with Crippen LogP contribution in [0.3, 0.4) is 0 Å². The molecule has 160 valence electrons. The molecule has 3 saturated carbocycles. The Morgan fingerprint density at radius 1 is 1.11 bits per heavy atom. The number of allylic oxidation sites excluding steroid dienone is 3. The van der Waals surface area contributed by atoms with E-state index in [1.165, 1.54) is 44.1 Å². The molecule has 0 radical (unpaired) electrons. The quantitative estimate of drug-likeness (QED) is 0.559. The maximum atomic E-state index is 10.2. The Morgan fingerprint density at radius 2 is 1.82 bits per heavy atom. The minimum absolute atomic E-state index is 0.0225. The van der Waals surface area contributed by atoms with Crippen LogP contribution in [0.1, 0.15) is 85.0 Å². The van der Waals surface area contributed by atoms with Gasteiger partial charge in [-0.2, -0.15) is 0 Å². The second-order valence-corrected chi connectivity index (χ2v) is 10.3. The van der Waals surface area contributed by atoms with Crippen molar-refractivity contribution < 1.29 is 15.3 Å². The molecule has 3 N–H and O–H groups in total. The van der Waals surface area contributed by atoms with Crippen LogP contribution in [0.5, 0.6) is 0 Å². The number of aliphatic hydroxyl groups excluding tert-OH is 3. The molecule has 0 saturated heterocycles. The van der Waals surface area contributed by atoms with Gasteiger partial charge in [-0.25, -0.2) is 0 Å². The molecule has 3 heteroatoms. The zero-order valence-corrected chi connectivity index (χ0v) is 18.2. The van der Waals surface area contributed by atoms with Crippen LogP contribution in [0.15, 0.2) is 23.3 Å². The minimum atomic E-state index is -0.416. The Kier molecular flexibility index (Phi) is 7.44. The van der Waals surface area contributed by atoms with E-state index in [-0.39, 0.29) is 5.92 Å². The number of hydrogen-bond donors (Lipinski definition) is 3. The molecular formula is C25H42O3. The van der Waals surface area contributed by atoms with E-state index in [1.54, 1.807) is 5.57 Å². The molecule has 0 unspecified atom stereocenters. The lowest BCUT2D eigenvalue weighted by Gasteiger charge is -2.44. The normalized spacial score (nSPS) is 41.1. The first-order valence-corrected chi connectivity index (χ1v) is 11.7. The molecule has 3 aliphatic carbocycles. The molecule has 0 aromatic heterocycles. The zero-order chi connectivity index (χ0) is 20.3. The molecule has 0 spiro atoms. The van der Waals surface area contributed by atoms with Crippen LogP contribution in [0.4, 0.5) is 0 Å². The average molecular weight is 391 g/mol. The number of unbranched alkanes of at least 4 members (excludes halogenated alkanes) is 1. The summed E-state index contributed by atoms with van der Waals surface area (Å²) in [6.45, 7) is 7.23. The smallest absolute Gasteiger partial charge is 0.0627 e. The van der Waals surface area contributed by atoms with E-state index in [1.807, 2.05) is 6.92 Å². The van der Waals surface area contributed by atoms with E-state index in [0.717, 1.165) is 24.7 Å². The minimum Gasteiger partial charge on any atom is -0.396 e. The maximum Gasteiger partial charge on any atom is 0.0627 e. The van der Waals surface area contributed by atoms with Crippen LogP contribution in [-0.4, -0.2) is 34.1 Å². The fourth-order valence-electron chi connectivity index (χ4n) is 6.60. The number of fused-ring (bicyclic) bond motifs is 1. The Balaban J connectivity index is 1.70. The summed E-state index contributed by atoms with van der Waals surface area (Å²) < 4.78 is 0. The summed E-state index contributed by atoms with van der Waals surface area (Å²) in [7, 11) is 0. The Morgan fingerprint density at radius 3 is 2.50 bits per heavy atom. The lowest BCUT2D eigenvalue weighted by molar-refractivity contribution is 0.00407. The monoisotopic (exact) mass is 390 g/mol. The van der Waals surface area contributed by atoms with Crippen LogP contribution in [-0.2, 0) is 0 Å². The largest absolute Gasteiger partial charge is 0.396 e. The number of aliphatic hydroxyl groups is 3. The van der Waals surface area contributed by atoms with E-state index in [4.69, 9.17) is 5.11 Å². The number of hydrogen-bond acceptors (Lipinski definition) is 3. The summed E-state index contributed by atoms with van der Waals surface area (Å²) in [6, 6.07) is 0. The lowest BCUT2D eigenvalue weighted by atomic mass is 9.60. The van der Waals surface area contributed by atoms with Crippen molar-refractivity contribution in [2.45, 2.75) is 97.2 Å². The van der Waals surface area contributed by atoms with E-state index in [0.29, 0.717) is 30.8 Å². The second-order valence-electron chi connectivity index (χ2n) is 10.3. The summed E-state index contributed by atoms with van der Waals surface area (Å²) >= 11 is 0. The van der Waals surface area contributed by atoms with Gasteiger partial charge in [0.2, 0.25) is 0 Å². The third-order valence-electron chi connectivity index (χ3n) is 8.48. The lowest BCUT2D eigenvalue weighted by Crippen LogP contribution is -2.36. The summed E-state index contributed by atoms with van der Waals surface area (Å²) in [5.41, 5.74) is 3.22. The van der Waals surface area contributed by atoms with Crippen molar-refractivity contribution in [3.05, 3.63) is 23.3 Å². The third kappa shape index (κ3) is 4.57. The first-order chi connectivity index (χ1) is 13.4. The van der Waals surface area contributed by atoms with Crippen molar-refractivity contribution in [3.63, 3.8) is 0 Å². The highest BCUT2D eigenvalue weighted by Gasteiger charge is 2.50. The summed E-state index contributed by atoms with van der Waals surface area (Å²) in [6.07, 6.45) is 14.9. The molecule has 0 amide bonds. The van der Waals surface area contributed by atoms with Crippen LogP contribution < -0.4 is 0 Å². The van der Waals surface area contributed by atoms with Gasteiger partial charge in [-0.05, 0) is 74.5 Å². The number of rotatable bonds is 6. The average Bonchev–Trinajstić information content (AvgIpc) is 3.02. The molecule has 6 atom stereocenters. The molecule has 0 heterocycles. The van der Waals surface area contributed by atoms with Crippen molar-refractivity contribution in [3.8, 4) is 0 Å². The first kappa shape index (κ1) is 22.1. The van der Waals surface area contributed by atoms with E-state index in [9.17, 15) is 10.2 Å². The van der Waals surface area contributed by atoms with Gasteiger partial charge in [0.15, 0.2) is 0 Å². The summed E-state index contributed by atoms with van der Waals surface area (Å²) in [4.78, 5) is 0. The predicted molar refractivity (Wildman–Crippen MR) is 115 cm³/mol. The van der Waals surface area contributed by atoms with E-state index in [2.05, 4.69) is 26.0 Å². The standard InChI is InChI=1S/C25H42O3/c1-17(7-4-5-14-26)21-11-12-22-20(8-6-13-25(21,22)3)10-9-19-15-23(27)18(2)24(28)16-19/h9-10,17-18,21-24,26-28H,4-8,11-16H2,1-3H3/t17-,18?,21+,22-,23+,24+,25+/m0/s1. The van der Waals surface area contributed by atoms with Crippen LogP contribution >= 0.6 is 0 Å². The molecule has 0 aromatic rings. The Labute approximate surface area is 171 Å². The molecule has 0 aromatic carbocycles. The van der Waals surface area contributed by atoms with Gasteiger partial charge in [0, 0.05) is 12.5 Å². The van der Waals surface area contributed by atoms with Crippen molar-refractivity contribution in [1.29, 1.82) is 0 Å². The molecule has 0 bridgehead atoms. The fourth-order valence-corrected chi connectivity index (χ4v) is 6.60.